The summed E-state index contributed by atoms with van der Waals surface area (Å²) >= 11 is 0. The van der Waals surface area contributed by atoms with Crippen LogP contribution in [0.4, 0.5) is 4.79 Å². The zero-order valence-corrected chi connectivity index (χ0v) is 18.5. The third-order valence-corrected chi connectivity index (χ3v) is 6.01. The quantitative estimate of drug-likeness (QED) is 0.704. The lowest BCUT2D eigenvalue weighted by Crippen LogP contribution is -2.54. The molecule has 5 amide bonds. The molecular formula is C23H27N3O6. The van der Waals surface area contributed by atoms with Gasteiger partial charge in [0.2, 0.25) is 11.8 Å². The van der Waals surface area contributed by atoms with Gasteiger partial charge in [-0.05, 0) is 57.7 Å². The molecule has 2 saturated heterocycles. The number of ether oxygens (including phenoxy) is 1. The van der Waals surface area contributed by atoms with Crippen LogP contribution in [0.3, 0.4) is 0 Å². The van der Waals surface area contributed by atoms with Crippen molar-refractivity contribution in [2.24, 2.45) is 0 Å². The molecule has 3 aliphatic rings. The van der Waals surface area contributed by atoms with Crippen LogP contribution in [0, 0.1) is 0 Å². The summed E-state index contributed by atoms with van der Waals surface area (Å²) in [5.41, 5.74) is 0.794. The van der Waals surface area contributed by atoms with Crippen molar-refractivity contribution in [3.63, 3.8) is 0 Å². The van der Waals surface area contributed by atoms with E-state index in [4.69, 9.17) is 4.74 Å². The van der Waals surface area contributed by atoms with E-state index in [9.17, 15) is 24.0 Å². The van der Waals surface area contributed by atoms with Gasteiger partial charge >= 0.3 is 6.09 Å². The Morgan fingerprint density at radius 3 is 2.47 bits per heavy atom. The summed E-state index contributed by atoms with van der Waals surface area (Å²) < 4.78 is 5.49. The molecule has 0 radical (unpaired) electrons. The molecule has 2 fully saturated rings. The number of rotatable bonds is 2. The lowest BCUT2D eigenvalue weighted by atomic mass is 9.89. The van der Waals surface area contributed by atoms with E-state index in [1.807, 2.05) is 20.8 Å². The molecule has 2 unspecified atom stereocenters. The van der Waals surface area contributed by atoms with Gasteiger partial charge in [0.05, 0.1) is 11.1 Å². The third-order valence-electron chi connectivity index (χ3n) is 6.01. The monoisotopic (exact) mass is 441 g/mol. The molecule has 0 aliphatic carbocycles. The third kappa shape index (κ3) is 4.11. The molecule has 0 saturated carbocycles. The fourth-order valence-electron chi connectivity index (χ4n) is 4.48. The summed E-state index contributed by atoms with van der Waals surface area (Å²) in [4.78, 5) is 64.7. The number of hydrogen-bond acceptors (Lipinski definition) is 6. The lowest BCUT2D eigenvalue weighted by Gasteiger charge is -2.34. The summed E-state index contributed by atoms with van der Waals surface area (Å²) in [7, 11) is 0. The number of likely N-dealkylation sites (tertiary alicyclic amines) is 1. The molecule has 0 spiro atoms. The molecule has 1 aromatic rings. The van der Waals surface area contributed by atoms with E-state index < -0.39 is 35.3 Å². The maximum atomic E-state index is 13.1. The molecule has 3 aliphatic heterocycles. The summed E-state index contributed by atoms with van der Waals surface area (Å²) in [6, 6.07) is 4.13. The van der Waals surface area contributed by atoms with Gasteiger partial charge in [-0.25, -0.2) is 4.79 Å². The predicted molar refractivity (Wildman–Crippen MR) is 113 cm³/mol. The largest absolute Gasteiger partial charge is 0.444 e. The standard InChI is InChI=1S/C23H27N3O6/c1-23(2,3)32-22(31)25-10-4-5-14(12-25)13-6-7-15-16(11-13)21(30)26(20(15)29)17-8-9-18(27)24-19(17)28/h6-7,11,14,17H,4-5,8-10,12H2,1-3H3,(H,24,27,28). The highest BCUT2D eigenvalue weighted by molar-refractivity contribution is 6.23. The number of nitrogens with zero attached hydrogens (tertiary/aromatic N) is 2. The van der Waals surface area contributed by atoms with Crippen LogP contribution in [-0.4, -0.2) is 64.3 Å². The van der Waals surface area contributed by atoms with E-state index in [2.05, 4.69) is 5.32 Å². The fourth-order valence-corrected chi connectivity index (χ4v) is 4.48. The van der Waals surface area contributed by atoms with E-state index in [-0.39, 0.29) is 36.0 Å². The number of piperidine rings is 2. The Morgan fingerprint density at radius 2 is 1.78 bits per heavy atom. The Labute approximate surface area is 186 Å². The number of fused-ring (bicyclic) bond motifs is 1. The molecule has 9 heteroatoms. The van der Waals surface area contributed by atoms with Crippen molar-refractivity contribution in [1.29, 1.82) is 0 Å². The second-order valence-corrected chi connectivity index (χ2v) is 9.52. The number of benzene rings is 1. The zero-order chi connectivity index (χ0) is 23.2. The van der Waals surface area contributed by atoms with Gasteiger partial charge in [-0.1, -0.05) is 6.07 Å². The average Bonchev–Trinajstić information content (AvgIpc) is 2.97. The van der Waals surface area contributed by atoms with Crippen LogP contribution in [-0.2, 0) is 14.3 Å². The molecule has 0 bridgehead atoms. The van der Waals surface area contributed by atoms with Crippen molar-refractivity contribution in [3.05, 3.63) is 34.9 Å². The van der Waals surface area contributed by atoms with Crippen LogP contribution >= 0.6 is 0 Å². The molecular weight excluding hydrogens is 414 g/mol. The number of carbonyl (C=O) groups excluding carboxylic acids is 5. The summed E-state index contributed by atoms with van der Waals surface area (Å²) in [5, 5.41) is 2.20. The minimum absolute atomic E-state index is 0.00845. The predicted octanol–water partition coefficient (Wildman–Crippen LogP) is 2.20. The zero-order valence-electron chi connectivity index (χ0n) is 18.5. The topological polar surface area (TPSA) is 113 Å². The molecule has 3 heterocycles. The van der Waals surface area contributed by atoms with Gasteiger partial charge in [-0.3, -0.25) is 29.4 Å². The lowest BCUT2D eigenvalue weighted by molar-refractivity contribution is -0.136. The minimum Gasteiger partial charge on any atom is -0.444 e. The van der Waals surface area contributed by atoms with Crippen LogP contribution in [0.1, 0.15) is 78.7 Å². The first-order valence-electron chi connectivity index (χ1n) is 10.9. The number of nitrogens with one attached hydrogen (secondary N) is 1. The van der Waals surface area contributed by atoms with Crippen molar-refractivity contribution >= 4 is 29.7 Å². The second-order valence-electron chi connectivity index (χ2n) is 9.52. The molecule has 0 aromatic heterocycles. The normalized spacial score (nSPS) is 23.8. The van der Waals surface area contributed by atoms with E-state index >= 15 is 0 Å². The minimum atomic E-state index is -0.985. The van der Waals surface area contributed by atoms with E-state index in [1.165, 1.54) is 0 Å². The molecule has 1 N–H and O–H groups in total. The molecule has 1 aromatic carbocycles. The van der Waals surface area contributed by atoms with Crippen molar-refractivity contribution in [2.45, 2.75) is 64.0 Å². The average molecular weight is 441 g/mol. The highest BCUT2D eigenvalue weighted by Gasteiger charge is 2.45. The SMILES string of the molecule is CC(C)(C)OC(=O)N1CCCC(c2ccc3c(c2)C(=O)N(C2CCC(=O)NC2=O)C3=O)C1. The number of imide groups is 2. The summed E-state index contributed by atoms with van der Waals surface area (Å²) in [6.07, 6.45) is 1.49. The number of hydrogen-bond donors (Lipinski definition) is 1. The Kier molecular flexibility index (Phi) is 5.52. The van der Waals surface area contributed by atoms with Crippen molar-refractivity contribution in [3.8, 4) is 0 Å². The van der Waals surface area contributed by atoms with Crippen molar-refractivity contribution in [1.82, 2.24) is 15.1 Å². The summed E-state index contributed by atoms with van der Waals surface area (Å²) in [5.74, 6) is -2.08. The second kappa shape index (κ2) is 8.03. The highest BCUT2D eigenvalue weighted by Crippen LogP contribution is 2.33. The first-order valence-corrected chi connectivity index (χ1v) is 10.9. The smallest absolute Gasteiger partial charge is 0.410 e. The highest BCUT2D eigenvalue weighted by atomic mass is 16.6. The van der Waals surface area contributed by atoms with Crippen molar-refractivity contribution in [2.75, 3.05) is 13.1 Å². The van der Waals surface area contributed by atoms with E-state index in [0.717, 1.165) is 23.3 Å². The van der Waals surface area contributed by atoms with Crippen LogP contribution in [0.2, 0.25) is 0 Å². The molecule has 2 atom stereocenters. The Hall–Kier alpha value is -3.23. The van der Waals surface area contributed by atoms with Crippen LogP contribution in [0.5, 0.6) is 0 Å². The Morgan fingerprint density at radius 1 is 1.06 bits per heavy atom. The van der Waals surface area contributed by atoms with Gasteiger partial charge in [0, 0.05) is 25.4 Å². The number of carbonyl (C=O) groups is 5. The maximum absolute atomic E-state index is 13.1. The Bertz CT molecular complexity index is 1010. The fraction of sp³-hybridized carbons (Fsp3) is 0.522. The molecule has 4 rings (SSSR count). The van der Waals surface area contributed by atoms with Crippen LogP contribution in [0.25, 0.3) is 0 Å². The maximum Gasteiger partial charge on any atom is 0.410 e. The van der Waals surface area contributed by atoms with Gasteiger partial charge in [0.25, 0.3) is 11.8 Å². The summed E-state index contributed by atoms with van der Waals surface area (Å²) in [6.45, 7) is 6.54. The first-order chi connectivity index (χ1) is 15.0. The molecule has 170 valence electrons. The van der Waals surface area contributed by atoms with Gasteiger partial charge < -0.3 is 9.64 Å². The van der Waals surface area contributed by atoms with Crippen molar-refractivity contribution < 1.29 is 28.7 Å². The van der Waals surface area contributed by atoms with Crippen LogP contribution in [0.15, 0.2) is 18.2 Å². The van der Waals surface area contributed by atoms with Gasteiger partial charge in [-0.2, -0.15) is 0 Å². The first kappa shape index (κ1) is 22.0. The van der Waals surface area contributed by atoms with Crippen LogP contribution < -0.4 is 5.32 Å². The molecule has 9 nitrogen and oxygen atoms in total. The van der Waals surface area contributed by atoms with E-state index in [1.54, 1.807) is 23.1 Å². The van der Waals surface area contributed by atoms with Gasteiger partial charge in [0.15, 0.2) is 0 Å². The molecule has 32 heavy (non-hydrogen) atoms. The number of amides is 5. The van der Waals surface area contributed by atoms with E-state index in [0.29, 0.717) is 13.1 Å². The Balaban J connectivity index is 1.53. The van der Waals surface area contributed by atoms with Gasteiger partial charge in [-0.15, -0.1) is 0 Å². The van der Waals surface area contributed by atoms with Gasteiger partial charge in [0.1, 0.15) is 11.6 Å².